The highest BCUT2D eigenvalue weighted by atomic mass is 16.5. The fourth-order valence-electron chi connectivity index (χ4n) is 4.76. The van der Waals surface area contributed by atoms with Gasteiger partial charge in [0, 0.05) is 0 Å². The van der Waals surface area contributed by atoms with E-state index in [0.29, 0.717) is 17.0 Å². The van der Waals surface area contributed by atoms with Gasteiger partial charge in [0.05, 0.1) is 23.1 Å². The summed E-state index contributed by atoms with van der Waals surface area (Å²) >= 11 is 0. The molecule has 2 aromatic carbocycles. The Morgan fingerprint density at radius 2 is 1.64 bits per heavy atom. The summed E-state index contributed by atoms with van der Waals surface area (Å²) in [5.41, 5.74) is 1.59. The lowest BCUT2D eigenvalue weighted by Crippen LogP contribution is -2.33. The molecular weight excluding hydrogens is 354 g/mol. The van der Waals surface area contributed by atoms with Crippen molar-refractivity contribution in [3.8, 4) is 5.75 Å². The number of benzene rings is 2. The van der Waals surface area contributed by atoms with Crippen LogP contribution in [0, 0.1) is 30.6 Å². The fourth-order valence-corrected chi connectivity index (χ4v) is 4.76. The van der Waals surface area contributed by atoms with Gasteiger partial charge in [0.2, 0.25) is 11.8 Å². The minimum atomic E-state index is -0.517. The molecule has 1 heterocycles. The molecule has 0 unspecified atom stereocenters. The molecule has 5 heteroatoms. The lowest BCUT2D eigenvalue weighted by atomic mass is 9.85. The van der Waals surface area contributed by atoms with E-state index in [4.69, 9.17) is 4.74 Å². The van der Waals surface area contributed by atoms with Crippen molar-refractivity contribution in [3.05, 3.63) is 71.8 Å². The van der Waals surface area contributed by atoms with Crippen molar-refractivity contribution in [2.45, 2.75) is 13.3 Å². The number of imide groups is 1. The van der Waals surface area contributed by atoms with E-state index in [-0.39, 0.29) is 35.5 Å². The lowest BCUT2D eigenvalue weighted by Gasteiger charge is -2.18. The Morgan fingerprint density at radius 1 is 0.964 bits per heavy atom. The molecule has 28 heavy (non-hydrogen) atoms. The van der Waals surface area contributed by atoms with E-state index >= 15 is 0 Å². The maximum absolute atomic E-state index is 13.0. The van der Waals surface area contributed by atoms with Crippen molar-refractivity contribution in [3.63, 3.8) is 0 Å². The number of carbonyl (C=O) groups excluding carboxylic acids is 3. The summed E-state index contributed by atoms with van der Waals surface area (Å²) in [5.74, 6) is -0.542. The van der Waals surface area contributed by atoms with E-state index < -0.39 is 5.97 Å². The first-order valence-corrected chi connectivity index (χ1v) is 9.48. The molecule has 2 aromatic rings. The Morgan fingerprint density at radius 3 is 2.32 bits per heavy atom. The predicted octanol–water partition coefficient (Wildman–Crippen LogP) is 3.53. The number of hydrogen-bond donors (Lipinski definition) is 0. The Labute approximate surface area is 162 Å². The van der Waals surface area contributed by atoms with Crippen molar-refractivity contribution in [1.82, 2.24) is 0 Å². The zero-order valence-electron chi connectivity index (χ0n) is 15.4. The number of fused-ring (bicyclic) bond motifs is 5. The molecule has 3 aliphatic rings. The molecule has 0 spiro atoms. The number of carbonyl (C=O) groups is 3. The Balaban J connectivity index is 1.42. The Hall–Kier alpha value is -3.21. The third-order valence-electron chi connectivity index (χ3n) is 6.11. The number of anilines is 1. The number of para-hydroxylation sites is 1. The van der Waals surface area contributed by atoms with Crippen molar-refractivity contribution in [2.75, 3.05) is 4.90 Å². The van der Waals surface area contributed by atoms with Crippen LogP contribution in [0.1, 0.15) is 22.3 Å². The van der Waals surface area contributed by atoms with Gasteiger partial charge in [-0.2, -0.15) is 0 Å². The van der Waals surface area contributed by atoms with E-state index in [1.807, 2.05) is 19.1 Å². The van der Waals surface area contributed by atoms with E-state index in [0.717, 1.165) is 12.0 Å². The monoisotopic (exact) mass is 373 g/mol. The second kappa shape index (κ2) is 6.16. The van der Waals surface area contributed by atoms with Crippen LogP contribution in [0.5, 0.6) is 5.75 Å². The van der Waals surface area contributed by atoms with Gasteiger partial charge in [-0.3, -0.25) is 9.59 Å². The number of nitrogens with zero attached hydrogens (tertiary/aromatic N) is 1. The number of hydrogen-bond acceptors (Lipinski definition) is 4. The minimum Gasteiger partial charge on any atom is -0.423 e. The van der Waals surface area contributed by atoms with Crippen LogP contribution in [0.3, 0.4) is 0 Å². The van der Waals surface area contributed by atoms with E-state index in [1.54, 1.807) is 36.4 Å². The first kappa shape index (κ1) is 16.9. The predicted molar refractivity (Wildman–Crippen MR) is 103 cm³/mol. The molecule has 0 N–H and O–H groups in total. The van der Waals surface area contributed by atoms with E-state index in [1.165, 1.54) is 4.90 Å². The van der Waals surface area contributed by atoms with Gasteiger partial charge in [-0.25, -0.2) is 9.69 Å². The van der Waals surface area contributed by atoms with Crippen molar-refractivity contribution in [2.24, 2.45) is 23.7 Å². The third kappa shape index (κ3) is 2.43. The average Bonchev–Trinajstić information content (AvgIpc) is 3.37. The summed E-state index contributed by atoms with van der Waals surface area (Å²) in [6, 6.07) is 13.8. The standard InChI is InChI=1S/C23H19NO4/c1-13-5-2-3-8-18(13)28-23(27)16-6-4-7-17(12-16)24-21(25)19-14-9-10-15(11-14)20(19)22(24)26/h2-10,12,14-15,19-20H,11H2,1H3/t14-,15-,19-,20-/m0/s1. The van der Waals surface area contributed by atoms with Gasteiger partial charge in [-0.1, -0.05) is 36.4 Å². The number of allylic oxidation sites excluding steroid dienone is 2. The number of esters is 1. The van der Waals surface area contributed by atoms with Crippen molar-refractivity contribution < 1.29 is 19.1 Å². The van der Waals surface area contributed by atoms with Gasteiger partial charge < -0.3 is 4.74 Å². The Kier molecular flexibility index (Phi) is 3.72. The van der Waals surface area contributed by atoms with Gasteiger partial charge in [-0.05, 0) is 55.0 Å². The molecule has 2 aliphatic carbocycles. The quantitative estimate of drug-likeness (QED) is 0.357. The third-order valence-corrected chi connectivity index (χ3v) is 6.11. The molecule has 2 amide bonds. The molecule has 5 nitrogen and oxygen atoms in total. The molecule has 1 saturated heterocycles. The number of ether oxygens (including phenoxy) is 1. The topological polar surface area (TPSA) is 63.7 Å². The molecule has 0 radical (unpaired) electrons. The van der Waals surface area contributed by atoms with Gasteiger partial charge in [0.15, 0.2) is 0 Å². The SMILES string of the molecule is Cc1ccccc1OC(=O)c1cccc(N2C(=O)[C@@H]3[C@@H](C2=O)[C@H]2C=C[C@H]3C2)c1. The first-order chi connectivity index (χ1) is 13.5. The summed E-state index contributed by atoms with van der Waals surface area (Å²) in [7, 11) is 0. The molecule has 4 atom stereocenters. The number of amides is 2. The summed E-state index contributed by atoms with van der Waals surface area (Å²) in [4.78, 5) is 39.8. The maximum Gasteiger partial charge on any atom is 0.343 e. The van der Waals surface area contributed by atoms with Crippen LogP contribution in [0.15, 0.2) is 60.7 Å². The number of aryl methyl sites for hydroxylation is 1. The molecule has 1 aliphatic heterocycles. The molecule has 140 valence electrons. The normalized spacial score (nSPS) is 27.4. The summed E-state index contributed by atoms with van der Waals surface area (Å²) in [6.45, 7) is 1.86. The van der Waals surface area contributed by atoms with Gasteiger partial charge in [0.1, 0.15) is 5.75 Å². The van der Waals surface area contributed by atoms with E-state index in [9.17, 15) is 14.4 Å². The second-order valence-electron chi connectivity index (χ2n) is 7.72. The van der Waals surface area contributed by atoms with Gasteiger partial charge in [-0.15, -0.1) is 0 Å². The zero-order chi connectivity index (χ0) is 19.4. The zero-order valence-corrected chi connectivity index (χ0v) is 15.4. The van der Waals surface area contributed by atoms with Crippen LogP contribution in [0.4, 0.5) is 5.69 Å². The van der Waals surface area contributed by atoms with Gasteiger partial charge in [0.25, 0.3) is 0 Å². The summed E-state index contributed by atoms with van der Waals surface area (Å²) in [6.07, 6.45) is 5.02. The van der Waals surface area contributed by atoms with Crippen molar-refractivity contribution in [1.29, 1.82) is 0 Å². The van der Waals surface area contributed by atoms with Crippen LogP contribution in [-0.4, -0.2) is 17.8 Å². The summed E-state index contributed by atoms with van der Waals surface area (Å²) < 4.78 is 5.48. The van der Waals surface area contributed by atoms with Crippen LogP contribution in [-0.2, 0) is 9.59 Å². The van der Waals surface area contributed by atoms with Crippen LogP contribution < -0.4 is 9.64 Å². The lowest BCUT2D eigenvalue weighted by molar-refractivity contribution is -0.123. The second-order valence-corrected chi connectivity index (χ2v) is 7.72. The molecule has 2 fully saturated rings. The highest BCUT2D eigenvalue weighted by Gasteiger charge is 2.59. The molecule has 5 rings (SSSR count). The Bertz CT molecular complexity index is 1010. The van der Waals surface area contributed by atoms with Crippen molar-refractivity contribution >= 4 is 23.5 Å². The number of rotatable bonds is 3. The van der Waals surface area contributed by atoms with Crippen LogP contribution in [0.25, 0.3) is 0 Å². The highest BCUT2D eigenvalue weighted by molar-refractivity contribution is 6.23. The van der Waals surface area contributed by atoms with Gasteiger partial charge >= 0.3 is 5.97 Å². The largest absolute Gasteiger partial charge is 0.423 e. The smallest absolute Gasteiger partial charge is 0.343 e. The fraction of sp³-hybridized carbons (Fsp3) is 0.261. The molecule has 2 bridgehead atoms. The van der Waals surface area contributed by atoms with E-state index in [2.05, 4.69) is 12.2 Å². The molecule has 1 saturated carbocycles. The molecular formula is C23H19NO4. The maximum atomic E-state index is 13.0. The first-order valence-electron chi connectivity index (χ1n) is 9.48. The minimum absolute atomic E-state index is 0.156. The average molecular weight is 373 g/mol. The van der Waals surface area contributed by atoms with Crippen LogP contribution in [0.2, 0.25) is 0 Å². The summed E-state index contributed by atoms with van der Waals surface area (Å²) in [5, 5.41) is 0. The molecule has 0 aromatic heterocycles. The van der Waals surface area contributed by atoms with Crippen LogP contribution >= 0.6 is 0 Å². The highest BCUT2D eigenvalue weighted by Crippen LogP contribution is 2.53.